The molecule has 3 heterocycles. The molecule has 0 atom stereocenters. The number of aryl methyl sites for hydroxylation is 1. The maximum Gasteiger partial charge on any atom is 0.234 e. The lowest BCUT2D eigenvalue weighted by atomic mass is 9.79. The first-order valence-electron chi connectivity index (χ1n) is 10.9. The van der Waals surface area contributed by atoms with Crippen molar-refractivity contribution in [1.29, 1.82) is 5.26 Å². The number of hydrogen-bond donors (Lipinski definition) is 3. The van der Waals surface area contributed by atoms with Crippen molar-refractivity contribution in [1.82, 2.24) is 20.6 Å². The Morgan fingerprint density at radius 3 is 2.79 bits per heavy atom. The molecular formula is C27H22FN5O. The van der Waals surface area contributed by atoms with E-state index in [0.29, 0.717) is 28.6 Å². The molecule has 0 bridgehead atoms. The number of pyridine rings is 1. The van der Waals surface area contributed by atoms with Crippen molar-refractivity contribution < 1.29 is 9.18 Å². The predicted octanol–water partition coefficient (Wildman–Crippen LogP) is 4.51. The topological polar surface area (TPSA) is 93.6 Å². The molecular weight excluding hydrogens is 429 g/mol. The number of nitriles is 1. The van der Waals surface area contributed by atoms with E-state index < -0.39 is 5.41 Å². The van der Waals surface area contributed by atoms with Crippen LogP contribution in [-0.4, -0.2) is 15.9 Å². The lowest BCUT2D eigenvalue weighted by Gasteiger charge is -2.28. The number of aromatic nitrogens is 2. The third-order valence-electron chi connectivity index (χ3n) is 6.13. The quantitative estimate of drug-likeness (QED) is 0.416. The molecule has 7 heteroatoms. The number of H-pyrrole nitrogens is 1. The van der Waals surface area contributed by atoms with E-state index in [2.05, 4.69) is 26.7 Å². The van der Waals surface area contributed by atoms with E-state index in [1.807, 2.05) is 25.1 Å². The van der Waals surface area contributed by atoms with Gasteiger partial charge in [0.1, 0.15) is 11.9 Å². The summed E-state index contributed by atoms with van der Waals surface area (Å²) in [6, 6.07) is 13.0. The number of carbonyl (C=O) groups is 1. The van der Waals surface area contributed by atoms with Gasteiger partial charge < -0.3 is 15.6 Å². The van der Waals surface area contributed by atoms with Crippen LogP contribution in [0, 0.1) is 29.5 Å². The van der Waals surface area contributed by atoms with Crippen LogP contribution in [0.25, 0.3) is 21.8 Å². The number of amides is 1. The zero-order valence-corrected chi connectivity index (χ0v) is 18.5. The molecule has 2 aromatic carbocycles. The summed E-state index contributed by atoms with van der Waals surface area (Å²) in [6.07, 6.45) is 10.8. The van der Waals surface area contributed by atoms with Crippen molar-refractivity contribution >= 4 is 27.7 Å². The molecule has 5 rings (SSSR count). The summed E-state index contributed by atoms with van der Waals surface area (Å²) in [5.74, 6) is -0.632. The van der Waals surface area contributed by atoms with E-state index in [4.69, 9.17) is 0 Å². The van der Waals surface area contributed by atoms with Crippen LogP contribution < -0.4 is 10.6 Å². The molecule has 0 unspecified atom stereocenters. The molecule has 4 aromatic rings. The second kappa shape index (κ2) is 8.49. The SMILES string of the molecule is Cc1cnc2c(C#N)cc(CC3(C(=O)NCc4cc5cc[nH]c5cc4F)C=CNC=C3)cc2c1. The zero-order chi connectivity index (χ0) is 23.7. The summed E-state index contributed by atoms with van der Waals surface area (Å²) in [5.41, 5.74) is 3.07. The van der Waals surface area contributed by atoms with Gasteiger partial charge >= 0.3 is 0 Å². The second-order valence-electron chi connectivity index (χ2n) is 8.58. The molecule has 0 radical (unpaired) electrons. The van der Waals surface area contributed by atoms with Gasteiger partial charge in [0.2, 0.25) is 5.91 Å². The standard InChI is InChI=1S/C27H22FN5O/c1-17-8-20-9-18(10-21(14-29)25(20)32-15-17)13-27(3-6-30-7-4-27)26(34)33-16-22-11-19-2-5-31-24(19)12-23(22)28/h2-12,15,30-31H,13,16H2,1H3,(H,33,34). The molecule has 0 saturated carbocycles. The minimum atomic E-state index is -0.989. The highest BCUT2D eigenvalue weighted by atomic mass is 19.1. The Morgan fingerprint density at radius 1 is 1.18 bits per heavy atom. The van der Waals surface area contributed by atoms with Crippen LogP contribution in [0.2, 0.25) is 0 Å². The van der Waals surface area contributed by atoms with Crippen LogP contribution in [0.3, 0.4) is 0 Å². The van der Waals surface area contributed by atoms with Crippen molar-refractivity contribution in [2.24, 2.45) is 5.41 Å². The number of fused-ring (bicyclic) bond motifs is 2. The highest BCUT2D eigenvalue weighted by Crippen LogP contribution is 2.31. The van der Waals surface area contributed by atoms with Gasteiger partial charge in [-0.1, -0.05) is 0 Å². The summed E-state index contributed by atoms with van der Waals surface area (Å²) >= 11 is 0. The number of halogens is 1. The Labute approximate surface area is 195 Å². The van der Waals surface area contributed by atoms with Gasteiger partial charge in [-0.2, -0.15) is 5.26 Å². The van der Waals surface area contributed by atoms with Crippen molar-refractivity contribution in [3.05, 3.63) is 101 Å². The minimum Gasteiger partial charge on any atom is -0.368 e. The first-order valence-corrected chi connectivity index (χ1v) is 10.9. The van der Waals surface area contributed by atoms with Crippen molar-refractivity contribution in [2.75, 3.05) is 0 Å². The summed E-state index contributed by atoms with van der Waals surface area (Å²) in [6.45, 7) is 2.01. The molecule has 2 aromatic heterocycles. The van der Waals surface area contributed by atoms with E-state index in [0.717, 1.165) is 21.9 Å². The predicted molar refractivity (Wildman–Crippen MR) is 129 cm³/mol. The average Bonchev–Trinajstić information content (AvgIpc) is 3.29. The van der Waals surface area contributed by atoms with Gasteiger partial charge in [0.25, 0.3) is 0 Å². The minimum absolute atomic E-state index is 0.0624. The first kappa shape index (κ1) is 21.4. The lowest BCUT2D eigenvalue weighted by Crippen LogP contribution is -2.41. The van der Waals surface area contributed by atoms with Crippen LogP contribution in [0.5, 0.6) is 0 Å². The summed E-state index contributed by atoms with van der Waals surface area (Å²) in [5, 5.41) is 17.3. The molecule has 1 aliphatic rings. The van der Waals surface area contributed by atoms with Crippen molar-refractivity contribution in [3.63, 3.8) is 0 Å². The first-order chi connectivity index (χ1) is 16.5. The zero-order valence-electron chi connectivity index (χ0n) is 18.5. The number of benzene rings is 2. The Kier molecular flexibility index (Phi) is 5.34. The average molecular weight is 452 g/mol. The van der Waals surface area contributed by atoms with Crippen LogP contribution in [0.15, 0.2) is 73.3 Å². The van der Waals surface area contributed by atoms with Gasteiger partial charge in [0, 0.05) is 35.4 Å². The Hall–Kier alpha value is -4.44. The van der Waals surface area contributed by atoms with Crippen LogP contribution in [0.1, 0.15) is 22.3 Å². The molecule has 6 nitrogen and oxygen atoms in total. The molecule has 0 saturated heterocycles. The molecule has 3 N–H and O–H groups in total. The van der Waals surface area contributed by atoms with Gasteiger partial charge in [-0.05, 0) is 90.8 Å². The van der Waals surface area contributed by atoms with Gasteiger partial charge in [0.05, 0.1) is 16.5 Å². The number of carbonyl (C=O) groups excluding carboxylic acids is 1. The van der Waals surface area contributed by atoms with E-state index >= 15 is 0 Å². The molecule has 0 fully saturated rings. The van der Waals surface area contributed by atoms with Crippen LogP contribution in [0.4, 0.5) is 4.39 Å². The number of nitrogens with zero attached hydrogens (tertiary/aromatic N) is 2. The normalized spacial score (nSPS) is 14.1. The van der Waals surface area contributed by atoms with E-state index in [1.165, 1.54) is 6.07 Å². The fourth-order valence-corrected chi connectivity index (χ4v) is 4.40. The summed E-state index contributed by atoms with van der Waals surface area (Å²) in [7, 11) is 0. The fraction of sp³-hybridized carbons (Fsp3) is 0.148. The molecule has 0 aliphatic carbocycles. The molecule has 0 spiro atoms. The number of hydrogen-bond acceptors (Lipinski definition) is 4. The van der Waals surface area contributed by atoms with E-state index in [9.17, 15) is 14.4 Å². The third kappa shape index (κ3) is 3.90. The number of dihydropyridines is 1. The van der Waals surface area contributed by atoms with Crippen LogP contribution in [-0.2, 0) is 17.8 Å². The number of aromatic amines is 1. The van der Waals surface area contributed by atoms with E-state index in [-0.39, 0.29) is 18.3 Å². The molecule has 34 heavy (non-hydrogen) atoms. The van der Waals surface area contributed by atoms with Gasteiger partial charge in [-0.15, -0.1) is 0 Å². The monoisotopic (exact) mass is 451 g/mol. The maximum atomic E-state index is 14.6. The van der Waals surface area contributed by atoms with Crippen molar-refractivity contribution in [2.45, 2.75) is 19.9 Å². The van der Waals surface area contributed by atoms with Gasteiger partial charge in [-0.25, -0.2) is 4.39 Å². The third-order valence-corrected chi connectivity index (χ3v) is 6.13. The van der Waals surface area contributed by atoms with Crippen LogP contribution >= 0.6 is 0 Å². The fourth-order valence-electron chi connectivity index (χ4n) is 4.40. The Bertz CT molecular complexity index is 1510. The molecule has 1 aliphatic heterocycles. The smallest absolute Gasteiger partial charge is 0.234 e. The second-order valence-corrected chi connectivity index (χ2v) is 8.58. The lowest BCUT2D eigenvalue weighted by molar-refractivity contribution is -0.126. The summed E-state index contributed by atoms with van der Waals surface area (Å²) < 4.78 is 14.6. The largest absolute Gasteiger partial charge is 0.368 e. The molecule has 168 valence electrons. The Balaban J connectivity index is 1.45. The summed E-state index contributed by atoms with van der Waals surface area (Å²) in [4.78, 5) is 20.8. The molecule has 1 amide bonds. The van der Waals surface area contributed by atoms with E-state index in [1.54, 1.807) is 49.1 Å². The highest BCUT2D eigenvalue weighted by Gasteiger charge is 2.35. The number of rotatable bonds is 5. The maximum absolute atomic E-state index is 14.6. The van der Waals surface area contributed by atoms with Gasteiger partial charge in [0.15, 0.2) is 0 Å². The highest BCUT2D eigenvalue weighted by molar-refractivity contribution is 5.89. The van der Waals surface area contributed by atoms with Gasteiger partial charge in [-0.3, -0.25) is 9.78 Å². The Morgan fingerprint density at radius 2 is 2.00 bits per heavy atom. The number of nitrogens with one attached hydrogen (secondary N) is 3. The van der Waals surface area contributed by atoms with Crippen molar-refractivity contribution in [3.8, 4) is 6.07 Å².